The third-order valence-electron chi connectivity index (χ3n) is 4.17. The molecule has 3 aromatic heterocycles. The number of carbonyl (C=O) groups is 2. The second-order valence-electron chi connectivity index (χ2n) is 6.15. The molecule has 0 saturated carbocycles. The van der Waals surface area contributed by atoms with Gasteiger partial charge in [-0.2, -0.15) is 11.3 Å². The Balaban J connectivity index is 1.24. The fraction of sp³-hybridized carbons (Fsp3) is 0.158. The van der Waals surface area contributed by atoms with Gasteiger partial charge in [0, 0.05) is 40.9 Å². The number of benzene rings is 1. The first-order chi connectivity index (χ1) is 13.7. The van der Waals surface area contributed by atoms with Crippen LogP contribution in [0.15, 0.2) is 51.7 Å². The number of thiophene rings is 1. The van der Waals surface area contributed by atoms with Gasteiger partial charge in [-0.1, -0.05) is 18.2 Å². The van der Waals surface area contributed by atoms with E-state index >= 15 is 0 Å². The van der Waals surface area contributed by atoms with Gasteiger partial charge in [-0.15, -0.1) is 10.2 Å². The minimum absolute atomic E-state index is 0.124. The molecule has 0 aliphatic rings. The van der Waals surface area contributed by atoms with Crippen molar-refractivity contribution in [1.29, 1.82) is 0 Å². The van der Waals surface area contributed by atoms with Gasteiger partial charge in [0.15, 0.2) is 0 Å². The van der Waals surface area contributed by atoms with Crippen LogP contribution in [0.3, 0.4) is 0 Å². The van der Waals surface area contributed by atoms with Crippen molar-refractivity contribution >= 4 is 34.1 Å². The van der Waals surface area contributed by atoms with Gasteiger partial charge >= 0.3 is 0 Å². The van der Waals surface area contributed by atoms with E-state index in [0.29, 0.717) is 18.2 Å². The molecule has 0 saturated heterocycles. The average molecular weight is 395 g/mol. The number of hydrogen-bond donors (Lipinski definition) is 3. The van der Waals surface area contributed by atoms with Gasteiger partial charge in [0.1, 0.15) is 0 Å². The smallest absolute Gasteiger partial charge is 0.248 e. The van der Waals surface area contributed by atoms with Crippen LogP contribution in [0.25, 0.3) is 22.4 Å². The molecule has 142 valence electrons. The summed E-state index contributed by atoms with van der Waals surface area (Å²) in [5, 5.41) is 12.7. The second-order valence-corrected chi connectivity index (χ2v) is 6.93. The molecule has 0 bridgehead atoms. The number of amides is 2. The standard InChI is InChI=1S/C19H17N5O3S/c25-16(5-6-18-23-24-19(27-18)12-7-8-28-11-12)21-22-17(26)9-13-10-20-15-4-2-1-3-14(13)15/h1-4,7-8,10-11,20H,5-6,9H2,(H,21,25)(H,22,26). The van der Waals surface area contributed by atoms with Crippen molar-refractivity contribution in [2.24, 2.45) is 0 Å². The number of nitrogens with one attached hydrogen (secondary N) is 3. The van der Waals surface area contributed by atoms with E-state index in [2.05, 4.69) is 26.0 Å². The van der Waals surface area contributed by atoms with Crippen molar-refractivity contribution < 1.29 is 14.0 Å². The van der Waals surface area contributed by atoms with Crippen LogP contribution < -0.4 is 10.9 Å². The highest BCUT2D eigenvalue weighted by Gasteiger charge is 2.12. The van der Waals surface area contributed by atoms with Gasteiger partial charge in [0.05, 0.1) is 6.42 Å². The average Bonchev–Trinajstić information content (AvgIpc) is 3.45. The van der Waals surface area contributed by atoms with Crippen LogP contribution in [0.2, 0.25) is 0 Å². The first-order valence-electron chi connectivity index (χ1n) is 8.66. The molecule has 2 amide bonds. The summed E-state index contributed by atoms with van der Waals surface area (Å²) < 4.78 is 5.53. The molecule has 3 N–H and O–H groups in total. The molecule has 0 fully saturated rings. The number of hydrogen-bond acceptors (Lipinski definition) is 6. The van der Waals surface area contributed by atoms with Gasteiger partial charge in [-0.3, -0.25) is 20.4 Å². The number of hydrazine groups is 1. The molecular weight excluding hydrogens is 378 g/mol. The molecule has 3 heterocycles. The minimum atomic E-state index is -0.331. The Morgan fingerprint density at radius 2 is 1.96 bits per heavy atom. The Morgan fingerprint density at radius 1 is 1.11 bits per heavy atom. The molecule has 4 rings (SSSR count). The number of rotatable bonds is 6. The first-order valence-corrected chi connectivity index (χ1v) is 9.61. The Kier molecular flexibility index (Phi) is 5.16. The number of H-pyrrole nitrogens is 1. The Bertz CT molecular complexity index is 1100. The predicted octanol–water partition coefficient (Wildman–Crippen LogP) is 2.60. The SMILES string of the molecule is O=C(CCc1nnc(-c2ccsc2)o1)NNC(=O)Cc1c[nH]c2ccccc12. The summed E-state index contributed by atoms with van der Waals surface area (Å²) in [6.07, 6.45) is 2.38. The van der Waals surface area contributed by atoms with Gasteiger partial charge in [0.2, 0.25) is 23.6 Å². The number of aromatic amines is 1. The van der Waals surface area contributed by atoms with E-state index in [9.17, 15) is 9.59 Å². The lowest BCUT2D eigenvalue weighted by atomic mass is 10.1. The number of para-hydroxylation sites is 1. The third kappa shape index (κ3) is 4.09. The summed E-state index contributed by atoms with van der Waals surface area (Å²) in [5.74, 6) is 0.184. The quantitative estimate of drug-likeness (QED) is 0.434. The van der Waals surface area contributed by atoms with E-state index in [-0.39, 0.29) is 24.7 Å². The third-order valence-corrected chi connectivity index (χ3v) is 4.85. The van der Waals surface area contributed by atoms with E-state index in [4.69, 9.17) is 4.42 Å². The molecule has 9 heteroatoms. The van der Waals surface area contributed by atoms with Crippen LogP contribution in [0.5, 0.6) is 0 Å². The summed E-state index contributed by atoms with van der Waals surface area (Å²) in [4.78, 5) is 27.2. The molecular formula is C19H17N5O3S. The molecule has 0 radical (unpaired) electrons. The van der Waals surface area contributed by atoms with Crippen molar-refractivity contribution in [2.45, 2.75) is 19.3 Å². The predicted molar refractivity (Wildman–Crippen MR) is 104 cm³/mol. The van der Waals surface area contributed by atoms with Gasteiger partial charge < -0.3 is 9.40 Å². The molecule has 8 nitrogen and oxygen atoms in total. The zero-order chi connectivity index (χ0) is 19.3. The highest BCUT2D eigenvalue weighted by atomic mass is 32.1. The maximum absolute atomic E-state index is 12.1. The first kappa shape index (κ1) is 17.9. The summed E-state index contributed by atoms with van der Waals surface area (Å²) in [6.45, 7) is 0. The zero-order valence-electron chi connectivity index (χ0n) is 14.8. The molecule has 0 atom stereocenters. The number of carbonyl (C=O) groups excluding carboxylic acids is 2. The molecule has 0 aliphatic carbocycles. The summed E-state index contributed by atoms with van der Waals surface area (Å²) in [7, 11) is 0. The van der Waals surface area contributed by atoms with E-state index in [1.165, 1.54) is 11.3 Å². The molecule has 28 heavy (non-hydrogen) atoms. The molecule has 1 aromatic carbocycles. The fourth-order valence-corrected chi connectivity index (χ4v) is 3.40. The lowest BCUT2D eigenvalue weighted by molar-refractivity contribution is -0.128. The normalized spacial score (nSPS) is 10.9. The monoisotopic (exact) mass is 395 g/mol. The largest absolute Gasteiger partial charge is 0.421 e. The maximum Gasteiger partial charge on any atom is 0.248 e. The lowest BCUT2D eigenvalue weighted by Crippen LogP contribution is -2.42. The lowest BCUT2D eigenvalue weighted by Gasteiger charge is -2.06. The minimum Gasteiger partial charge on any atom is -0.421 e. The fourth-order valence-electron chi connectivity index (χ4n) is 2.77. The number of aromatic nitrogens is 3. The van der Waals surface area contributed by atoms with Crippen molar-refractivity contribution in [1.82, 2.24) is 26.0 Å². The Morgan fingerprint density at radius 3 is 2.82 bits per heavy atom. The number of fused-ring (bicyclic) bond motifs is 1. The Labute approximate surface area is 163 Å². The van der Waals surface area contributed by atoms with Crippen LogP contribution in [0, 0.1) is 0 Å². The molecule has 0 unspecified atom stereocenters. The van der Waals surface area contributed by atoms with E-state index in [1.54, 1.807) is 6.20 Å². The summed E-state index contributed by atoms with van der Waals surface area (Å²) in [5.41, 5.74) is 7.54. The van der Waals surface area contributed by atoms with Crippen LogP contribution in [0.4, 0.5) is 0 Å². The van der Waals surface area contributed by atoms with Crippen LogP contribution in [-0.4, -0.2) is 27.0 Å². The molecule has 4 aromatic rings. The van der Waals surface area contributed by atoms with Crippen molar-refractivity contribution in [3.63, 3.8) is 0 Å². The van der Waals surface area contributed by atoms with Crippen LogP contribution in [-0.2, 0) is 22.4 Å². The zero-order valence-corrected chi connectivity index (χ0v) is 15.6. The van der Waals surface area contributed by atoms with E-state index in [0.717, 1.165) is 22.0 Å². The second kappa shape index (κ2) is 8.05. The van der Waals surface area contributed by atoms with E-state index < -0.39 is 0 Å². The summed E-state index contributed by atoms with van der Waals surface area (Å²) >= 11 is 1.54. The number of nitrogens with zero attached hydrogens (tertiary/aromatic N) is 2. The highest BCUT2D eigenvalue weighted by molar-refractivity contribution is 7.08. The van der Waals surface area contributed by atoms with Crippen LogP contribution >= 0.6 is 11.3 Å². The highest BCUT2D eigenvalue weighted by Crippen LogP contribution is 2.21. The van der Waals surface area contributed by atoms with Crippen molar-refractivity contribution in [2.75, 3.05) is 0 Å². The van der Waals surface area contributed by atoms with E-state index in [1.807, 2.05) is 41.1 Å². The number of aryl methyl sites for hydroxylation is 1. The van der Waals surface area contributed by atoms with Gasteiger partial charge in [-0.05, 0) is 23.1 Å². The summed E-state index contributed by atoms with van der Waals surface area (Å²) in [6, 6.07) is 9.62. The Hall–Kier alpha value is -3.46. The molecule has 0 spiro atoms. The van der Waals surface area contributed by atoms with Gasteiger partial charge in [-0.25, -0.2) is 0 Å². The van der Waals surface area contributed by atoms with Crippen LogP contribution in [0.1, 0.15) is 17.9 Å². The van der Waals surface area contributed by atoms with Crippen molar-refractivity contribution in [3.8, 4) is 11.5 Å². The topological polar surface area (TPSA) is 113 Å². The molecule has 0 aliphatic heterocycles. The van der Waals surface area contributed by atoms with Crippen molar-refractivity contribution in [3.05, 3.63) is 58.7 Å². The van der Waals surface area contributed by atoms with Gasteiger partial charge in [0.25, 0.3) is 0 Å². The maximum atomic E-state index is 12.1.